The molecule has 1 fully saturated rings. The molecule has 0 aliphatic heterocycles. The van der Waals surface area contributed by atoms with Crippen molar-refractivity contribution >= 4 is 5.91 Å². The van der Waals surface area contributed by atoms with Gasteiger partial charge in [0.05, 0.1) is 29.7 Å². The van der Waals surface area contributed by atoms with E-state index in [0.717, 1.165) is 41.6 Å². The van der Waals surface area contributed by atoms with E-state index in [2.05, 4.69) is 25.5 Å². The fraction of sp³-hybridized carbons (Fsp3) is 0.346. The Balaban J connectivity index is 1.41. The average molecular weight is 472 g/mol. The maximum Gasteiger partial charge on any atom is 0.270 e. The Morgan fingerprint density at radius 1 is 1.03 bits per heavy atom. The van der Waals surface area contributed by atoms with Gasteiger partial charge in [-0.25, -0.2) is 4.98 Å². The maximum atomic E-state index is 13.1. The standard InChI is InChI=1S/C26H29N7O2/c1-32-10-9-21(31-32)23-12-18(11-17-7-8-20(27-14-17)19-15-28-33(2)16-19)13-24(29-23)26(35)30-22-5-3-4-6-25(22)34/h7-10,12-16,22,25,34H,3-6,11H2,1-2H3,(H,30,35)/t22-,25-/m0/s1. The van der Waals surface area contributed by atoms with Crippen molar-refractivity contribution in [3.63, 3.8) is 0 Å². The van der Waals surface area contributed by atoms with Crippen LogP contribution < -0.4 is 5.32 Å². The lowest BCUT2D eigenvalue weighted by molar-refractivity contribution is 0.0714. The first-order valence-electron chi connectivity index (χ1n) is 11.9. The molecule has 0 radical (unpaired) electrons. The fourth-order valence-electron chi connectivity index (χ4n) is 4.50. The normalized spacial score (nSPS) is 17.9. The summed E-state index contributed by atoms with van der Waals surface area (Å²) in [6.07, 6.45) is 11.0. The number of aliphatic hydroxyl groups excluding tert-OH is 1. The van der Waals surface area contributed by atoms with Crippen molar-refractivity contribution in [1.82, 2.24) is 34.8 Å². The summed E-state index contributed by atoms with van der Waals surface area (Å²) in [6, 6.07) is 9.42. The van der Waals surface area contributed by atoms with Crippen LogP contribution in [0, 0.1) is 0 Å². The summed E-state index contributed by atoms with van der Waals surface area (Å²) in [5, 5.41) is 22.0. The van der Waals surface area contributed by atoms with Gasteiger partial charge in [-0.05, 0) is 54.7 Å². The molecule has 0 saturated heterocycles. The van der Waals surface area contributed by atoms with E-state index in [4.69, 9.17) is 0 Å². The third-order valence-corrected chi connectivity index (χ3v) is 6.37. The van der Waals surface area contributed by atoms with Crippen molar-refractivity contribution < 1.29 is 9.90 Å². The Kier molecular flexibility index (Phi) is 6.41. The molecule has 1 aliphatic carbocycles. The van der Waals surface area contributed by atoms with Gasteiger partial charge >= 0.3 is 0 Å². The minimum atomic E-state index is -0.518. The summed E-state index contributed by atoms with van der Waals surface area (Å²) in [4.78, 5) is 22.3. The Bertz CT molecular complexity index is 1330. The third kappa shape index (κ3) is 5.30. The van der Waals surface area contributed by atoms with Gasteiger partial charge in [0.25, 0.3) is 5.91 Å². The van der Waals surface area contributed by atoms with Gasteiger partial charge in [-0.1, -0.05) is 18.9 Å². The Morgan fingerprint density at radius 3 is 2.57 bits per heavy atom. The van der Waals surface area contributed by atoms with Crippen LogP contribution in [0.15, 0.2) is 55.1 Å². The first-order valence-corrected chi connectivity index (χ1v) is 11.9. The highest BCUT2D eigenvalue weighted by molar-refractivity contribution is 5.93. The topological polar surface area (TPSA) is 111 Å². The van der Waals surface area contributed by atoms with Crippen molar-refractivity contribution in [2.75, 3.05) is 0 Å². The average Bonchev–Trinajstić information content (AvgIpc) is 3.49. The minimum Gasteiger partial charge on any atom is -0.391 e. The van der Waals surface area contributed by atoms with Crippen LogP contribution in [0.4, 0.5) is 0 Å². The van der Waals surface area contributed by atoms with E-state index in [1.54, 1.807) is 15.6 Å². The molecule has 0 aromatic carbocycles. The zero-order chi connectivity index (χ0) is 24.4. The van der Waals surface area contributed by atoms with Crippen LogP contribution in [0.25, 0.3) is 22.6 Å². The maximum absolute atomic E-state index is 13.1. The highest BCUT2D eigenvalue weighted by Gasteiger charge is 2.25. The second-order valence-electron chi connectivity index (χ2n) is 9.18. The quantitative estimate of drug-likeness (QED) is 0.447. The van der Waals surface area contributed by atoms with Crippen LogP contribution in [0.1, 0.15) is 47.3 Å². The lowest BCUT2D eigenvalue weighted by atomic mass is 9.92. The second-order valence-corrected chi connectivity index (χ2v) is 9.18. The van der Waals surface area contributed by atoms with Gasteiger partial charge in [0.2, 0.25) is 0 Å². The van der Waals surface area contributed by atoms with Crippen molar-refractivity contribution in [2.24, 2.45) is 14.1 Å². The molecule has 4 aromatic heterocycles. The molecule has 5 rings (SSSR count). The number of pyridine rings is 2. The molecule has 9 heteroatoms. The molecule has 0 spiro atoms. The van der Waals surface area contributed by atoms with E-state index in [-0.39, 0.29) is 11.9 Å². The number of aryl methyl sites for hydroxylation is 2. The number of hydrogen-bond donors (Lipinski definition) is 2. The van der Waals surface area contributed by atoms with Gasteiger partial charge in [0.15, 0.2) is 0 Å². The number of amides is 1. The summed E-state index contributed by atoms with van der Waals surface area (Å²) in [6.45, 7) is 0. The van der Waals surface area contributed by atoms with Crippen molar-refractivity contribution in [3.8, 4) is 22.6 Å². The van der Waals surface area contributed by atoms with Crippen LogP contribution in [0.2, 0.25) is 0 Å². The van der Waals surface area contributed by atoms with Crippen molar-refractivity contribution in [2.45, 2.75) is 44.2 Å². The van der Waals surface area contributed by atoms with Crippen LogP contribution >= 0.6 is 0 Å². The number of rotatable bonds is 6. The molecule has 9 nitrogen and oxygen atoms in total. The highest BCUT2D eigenvalue weighted by Crippen LogP contribution is 2.22. The van der Waals surface area contributed by atoms with Gasteiger partial charge < -0.3 is 10.4 Å². The lowest BCUT2D eigenvalue weighted by Gasteiger charge is -2.28. The van der Waals surface area contributed by atoms with E-state index in [0.29, 0.717) is 29.9 Å². The van der Waals surface area contributed by atoms with Crippen LogP contribution in [-0.4, -0.2) is 52.7 Å². The van der Waals surface area contributed by atoms with Gasteiger partial charge in [-0.15, -0.1) is 0 Å². The molecule has 1 saturated carbocycles. The van der Waals surface area contributed by atoms with Crippen molar-refractivity contribution in [3.05, 3.63) is 71.9 Å². The first kappa shape index (κ1) is 22.9. The molecule has 1 amide bonds. The van der Waals surface area contributed by atoms with Gasteiger partial charge in [-0.3, -0.25) is 19.1 Å². The number of nitrogens with one attached hydrogen (secondary N) is 1. The molecule has 1 aliphatic rings. The lowest BCUT2D eigenvalue weighted by Crippen LogP contribution is -2.45. The molecule has 0 unspecified atom stereocenters. The summed E-state index contributed by atoms with van der Waals surface area (Å²) < 4.78 is 3.46. The molecule has 2 atom stereocenters. The molecular weight excluding hydrogens is 442 g/mol. The predicted molar refractivity (Wildman–Crippen MR) is 131 cm³/mol. The van der Waals surface area contributed by atoms with Crippen LogP contribution in [-0.2, 0) is 20.5 Å². The molecular formula is C26H29N7O2. The number of aromatic nitrogens is 6. The Hall–Kier alpha value is -3.85. The summed E-state index contributed by atoms with van der Waals surface area (Å²) in [5.41, 5.74) is 5.43. The first-order chi connectivity index (χ1) is 16.9. The molecule has 35 heavy (non-hydrogen) atoms. The third-order valence-electron chi connectivity index (χ3n) is 6.37. The number of carbonyl (C=O) groups excluding carboxylic acids is 1. The molecule has 180 valence electrons. The minimum absolute atomic E-state index is 0.246. The smallest absolute Gasteiger partial charge is 0.270 e. The van der Waals surface area contributed by atoms with E-state index >= 15 is 0 Å². The fourth-order valence-corrected chi connectivity index (χ4v) is 4.50. The number of hydrogen-bond acceptors (Lipinski definition) is 6. The zero-order valence-corrected chi connectivity index (χ0v) is 19.9. The van der Waals surface area contributed by atoms with Crippen molar-refractivity contribution in [1.29, 1.82) is 0 Å². The predicted octanol–water partition coefficient (Wildman–Crippen LogP) is 2.90. The molecule has 4 aromatic rings. The summed E-state index contributed by atoms with van der Waals surface area (Å²) in [5.74, 6) is -0.278. The molecule has 2 N–H and O–H groups in total. The summed E-state index contributed by atoms with van der Waals surface area (Å²) >= 11 is 0. The largest absolute Gasteiger partial charge is 0.391 e. The number of aliphatic hydroxyl groups is 1. The number of carbonyl (C=O) groups is 1. The van der Waals surface area contributed by atoms with Crippen LogP contribution in [0.5, 0.6) is 0 Å². The monoisotopic (exact) mass is 471 g/mol. The Labute approximate surface area is 203 Å². The SMILES string of the molecule is Cn1cc(-c2ccc(Cc3cc(C(=O)N[C@H]4CCCC[C@@H]4O)nc(-c4ccn(C)n4)c3)cn2)cn1. The van der Waals surface area contributed by atoms with Crippen LogP contribution in [0.3, 0.4) is 0 Å². The molecule has 0 bridgehead atoms. The summed E-state index contributed by atoms with van der Waals surface area (Å²) in [7, 11) is 3.73. The number of nitrogens with zero attached hydrogens (tertiary/aromatic N) is 6. The van der Waals surface area contributed by atoms with Gasteiger partial charge in [-0.2, -0.15) is 10.2 Å². The second kappa shape index (κ2) is 9.79. The van der Waals surface area contributed by atoms with E-state index < -0.39 is 6.10 Å². The van der Waals surface area contributed by atoms with E-state index in [9.17, 15) is 9.90 Å². The highest BCUT2D eigenvalue weighted by atomic mass is 16.3. The van der Waals surface area contributed by atoms with Gasteiger partial charge in [0, 0.05) is 38.2 Å². The van der Waals surface area contributed by atoms with E-state index in [1.807, 2.05) is 63.0 Å². The Morgan fingerprint density at radius 2 is 1.89 bits per heavy atom. The van der Waals surface area contributed by atoms with Gasteiger partial charge in [0.1, 0.15) is 11.4 Å². The zero-order valence-electron chi connectivity index (χ0n) is 19.9. The van der Waals surface area contributed by atoms with E-state index in [1.165, 1.54) is 0 Å². The molecule has 4 heterocycles.